The number of H-pyrrole nitrogens is 1. The van der Waals surface area contributed by atoms with E-state index in [9.17, 15) is 9.59 Å². The highest BCUT2D eigenvalue weighted by Crippen LogP contribution is 2.23. The average Bonchev–Trinajstić information content (AvgIpc) is 2.69. The van der Waals surface area contributed by atoms with Crippen LogP contribution in [-0.2, 0) is 6.54 Å². The number of hydrogen-bond donors (Lipinski definition) is 2. The van der Waals surface area contributed by atoms with Gasteiger partial charge in [0.2, 0.25) is 0 Å². The summed E-state index contributed by atoms with van der Waals surface area (Å²) in [4.78, 5) is 28.9. The van der Waals surface area contributed by atoms with Crippen LogP contribution in [0.5, 0.6) is 0 Å². The first kappa shape index (κ1) is 12.6. The Labute approximate surface area is 116 Å². The van der Waals surface area contributed by atoms with Crippen molar-refractivity contribution in [1.82, 2.24) is 10.3 Å². The molecule has 2 aromatic rings. The van der Waals surface area contributed by atoms with Gasteiger partial charge in [-0.1, -0.05) is 18.2 Å². The minimum Gasteiger partial charge on any atom is -0.367 e. The fourth-order valence-electron chi connectivity index (χ4n) is 2.40. The number of hydrogen-bond acceptors (Lipinski definition) is 3. The number of carbonyl (C=O) groups excluding carboxylic acids is 1. The number of anilines is 1. The summed E-state index contributed by atoms with van der Waals surface area (Å²) in [5, 5.41) is 3.27. The molecule has 0 spiro atoms. The number of carbonyl (C=O) groups is 1. The molecule has 0 fully saturated rings. The van der Waals surface area contributed by atoms with Crippen molar-refractivity contribution in [2.24, 2.45) is 0 Å². The van der Waals surface area contributed by atoms with Gasteiger partial charge in [0.15, 0.2) is 5.43 Å². The standard InChI is InChI=1S/C15H15N3O2/c19-14-5-6-16-10-12(14)15(20)18-8-7-17-9-11-3-1-2-4-13(11)18/h1-6,10,17H,7-9H2,(H,16,19). The third-order valence-corrected chi connectivity index (χ3v) is 3.41. The zero-order valence-corrected chi connectivity index (χ0v) is 10.9. The fourth-order valence-corrected chi connectivity index (χ4v) is 2.40. The lowest BCUT2D eigenvalue weighted by Gasteiger charge is -2.22. The van der Waals surface area contributed by atoms with Crippen molar-refractivity contribution in [2.45, 2.75) is 6.54 Å². The van der Waals surface area contributed by atoms with Crippen molar-refractivity contribution < 1.29 is 4.79 Å². The Bertz CT molecular complexity index is 693. The Kier molecular flexibility index (Phi) is 3.35. The number of para-hydroxylation sites is 1. The van der Waals surface area contributed by atoms with Crippen molar-refractivity contribution in [3.63, 3.8) is 0 Å². The second-order valence-corrected chi connectivity index (χ2v) is 4.68. The number of rotatable bonds is 1. The van der Waals surface area contributed by atoms with Crippen LogP contribution in [0.4, 0.5) is 5.69 Å². The van der Waals surface area contributed by atoms with E-state index in [1.807, 2.05) is 24.3 Å². The maximum Gasteiger partial charge on any atom is 0.263 e. The van der Waals surface area contributed by atoms with Crippen molar-refractivity contribution in [3.05, 3.63) is 64.1 Å². The molecule has 5 nitrogen and oxygen atoms in total. The van der Waals surface area contributed by atoms with E-state index in [0.29, 0.717) is 13.1 Å². The normalized spacial score (nSPS) is 14.5. The van der Waals surface area contributed by atoms with Crippen LogP contribution in [0.25, 0.3) is 0 Å². The Hall–Kier alpha value is -2.40. The van der Waals surface area contributed by atoms with E-state index in [2.05, 4.69) is 10.3 Å². The van der Waals surface area contributed by atoms with Crippen LogP contribution in [-0.4, -0.2) is 24.0 Å². The van der Waals surface area contributed by atoms with Gasteiger partial charge >= 0.3 is 0 Å². The van der Waals surface area contributed by atoms with Crippen LogP contribution in [0.3, 0.4) is 0 Å². The number of pyridine rings is 1. The van der Waals surface area contributed by atoms with Crippen LogP contribution in [0.15, 0.2) is 47.5 Å². The third kappa shape index (κ3) is 2.23. The Morgan fingerprint density at radius 1 is 1.20 bits per heavy atom. The van der Waals surface area contributed by atoms with Gasteiger partial charge in [0.25, 0.3) is 5.91 Å². The molecule has 0 unspecified atom stereocenters. The van der Waals surface area contributed by atoms with E-state index in [1.165, 1.54) is 18.5 Å². The predicted octanol–water partition coefficient (Wildman–Crippen LogP) is 1.12. The number of nitrogens with zero attached hydrogens (tertiary/aromatic N) is 1. The molecule has 1 aliphatic heterocycles. The Balaban J connectivity index is 2.04. The van der Waals surface area contributed by atoms with E-state index < -0.39 is 0 Å². The maximum atomic E-state index is 12.6. The minimum absolute atomic E-state index is 0.171. The number of nitrogens with one attached hydrogen (secondary N) is 2. The van der Waals surface area contributed by atoms with Gasteiger partial charge in [-0.15, -0.1) is 0 Å². The van der Waals surface area contributed by atoms with Crippen LogP contribution in [0.2, 0.25) is 0 Å². The van der Waals surface area contributed by atoms with Gasteiger partial charge in [0.1, 0.15) is 5.56 Å². The SMILES string of the molecule is O=C(c1c[nH]ccc1=O)N1CCNCc2ccccc21. The molecule has 2 N–H and O–H groups in total. The molecule has 0 radical (unpaired) electrons. The van der Waals surface area contributed by atoms with Gasteiger partial charge in [-0.3, -0.25) is 9.59 Å². The zero-order valence-electron chi connectivity index (χ0n) is 10.9. The summed E-state index contributed by atoms with van der Waals surface area (Å²) in [5.74, 6) is -0.261. The first-order valence-electron chi connectivity index (χ1n) is 6.55. The van der Waals surface area contributed by atoms with Crippen LogP contribution in [0.1, 0.15) is 15.9 Å². The lowest BCUT2D eigenvalue weighted by atomic mass is 10.1. The molecule has 0 bridgehead atoms. The fraction of sp³-hybridized carbons (Fsp3) is 0.200. The molecule has 1 aromatic heterocycles. The number of aromatic amines is 1. The molecule has 0 saturated heterocycles. The maximum absolute atomic E-state index is 12.6. The molecule has 0 atom stereocenters. The first-order chi connectivity index (χ1) is 9.77. The van der Waals surface area contributed by atoms with E-state index in [-0.39, 0.29) is 16.9 Å². The van der Waals surface area contributed by atoms with Gasteiger partial charge in [-0.05, 0) is 11.6 Å². The van der Waals surface area contributed by atoms with Gasteiger partial charge in [0.05, 0.1) is 0 Å². The number of fused-ring (bicyclic) bond motifs is 1. The molecule has 1 aromatic carbocycles. The van der Waals surface area contributed by atoms with E-state index in [4.69, 9.17) is 0 Å². The summed E-state index contributed by atoms with van der Waals surface area (Å²) in [5.41, 5.74) is 1.84. The molecule has 102 valence electrons. The molecule has 2 heterocycles. The van der Waals surface area contributed by atoms with Crippen molar-refractivity contribution in [1.29, 1.82) is 0 Å². The van der Waals surface area contributed by atoms with Crippen LogP contribution >= 0.6 is 0 Å². The Morgan fingerprint density at radius 2 is 2.05 bits per heavy atom. The quantitative estimate of drug-likeness (QED) is 0.815. The van der Waals surface area contributed by atoms with Crippen molar-refractivity contribution in [2.75, 3.05) is 18.0 Å². The first-order valence-corrected chi connectivity index (χ1v) is 6.55. The largest absolute Gasteiger partial charge is 0.367 e. The average molecular weight is 269 g/mol. The number of amides is 1. The van der Waals surface area contributed by atoms with Gasteiger partial charge in [-0.2, -0.15) is 0 Å². The lowest BCUT2D eigenvalue weighted by molar-refractivity contribution is 0.0986. The smallest absolute Gasteiger partial charge is 0.263 e. The minimum atomic E-state index is -0.261. The summed E-state index contributed by atoms with van der Waals surface area (Å²) in [7, 11) is 0. The molecule has 5 heteroatoms. The number of aromatic nitrogens is 1. The molecule has 0 aliphatic carbocycles. The van der Waals surface area contributed by atoms with Crippen molar-refractivity contribution >= 4 is 11.6 Å². The van der Waals surface area contributed by atoms with Gasteiger partial charge in [0, 0.05) is 43.8 Å². The van der Waals surface area contributed by atoms with E-state index >= 15 is 0 Å². The van der Waals surface area contributed by atoms with Crippen molar-refractivity contribution in [3.8, 4) is 0 Å². The van der Waals surface area contributed by atoms with Gasteiger partial charge in [-0.25, -0.2) is 0 Å². The molecule has 3 rings (SSSR count). The van der Waals surface area contributed by atoms with Crippen LogP contribution < -0.4 is 15.6 Å². The van der Waals surface area contributed by atoms with E-state index in [1.54, 1.807) is 4.90 Å². The highest BCUT2D eigenvalue weighted by atomic mass is 16.2. The van der Waals surface area contributed by atoms with Crippen LogP contribution in [0, 0.1) is 0 Å². The number of benzene rings is 1. The summed E-state index contributed by atoms with van der Waals surface area (Å²) in [6.07, 6.45) is 2.99. The topological polar surface area (TPSA) is 65.2 Å². The predicted molar refractivity (Wildman–Crippen MR) is 76.9 cm³/mol. The second-order valence-electron chi connectivity index (χ2n) is 4.68. The summed E-state index contributed by atoms with van der Waals surface area (Å²) >= 11 is 0. The zero-order chi connectivity index (χ0) is 13.9. The highest BCUT2D eigenvalue weighted by Gasteiger charge is 2.23. The van der Waals surface area contributed by atoms with Gasteiger partial charge < -0.3 is 15.2 Å². The molecular weight excluding hydrogens is 254 g/mol. The monoisotopic (exact) mass is 269 g/mol. The highest BCUT2D eigenvalue weighted by molar-refractivity contribution is 6.06. The lowest BCUT2D eigenvalue weighted by Crippen LogP contribution is -2.37. The summed E-state index contributed by atoms with van der Waals surface area (Å²) < 4.78 is 0. The van der Waals surface area contributed by atoms with E-state index in [0.717, 1.165) is 17.8 Å². The molecular formula is C15H15N3O2. The molecule has 1 amide bonds. The second kappa shape index (κ2) is 5.30. The molecule has 0 saturated carbocycles. The summed E-state index contributed by atoms with van der Waals surface area (Å²) in [6, 6.07) is 9.12. The molecule has 20 heavy (non-hydrogen) atoms. The third-order valence-electron chi connectivity index (χ3n) is 3.41. The molecule has 1 aliphatic rings. The Morgan fingerprint density at radius 3 is 2.90 bits per heavy atom. The summed E-state index contributed by atoms with van der Waals surface area (Å²) in [6.45, 7) is 1.97.